The third-order valence-electron chi connectivity index (χ3n) is 6.14. The van der Waals surface area contributed by atoms with Crippen molar-refractivity contribution in [1.29, 1.82) is 0 Å². The van der Waals surface area contributed by atoms with Gasteiger partial charge in [-0.3, -0.25) is 0 Å². The third kappa shape index (κ3) is 5.73. The van der Waals surface area contributed by atoms with E-state index in [1.807, 2.05) is 32.0 Å². The zero-order valence-electron chi connectivity index (χ0n) is 20.5. The van der Waals surface area contributed by atoms with Crippen molar-refractivity contribution in [1.82, 2.24) is 29.7 Å². The molecule has 194 valence electrons. The van der Waals surface area contributed by atoms with Gasteiger partial charge in [0.15, 0.2) is 21.5 Å². The van der Waals surface area contributed by atoms with Gasteiger partial charge in [0.1, 0.15) is 29.5 Å². The van der Waals surface area contributed by atoms with Crippen molar-refractivity contribution < 1.29 is 22.6 Å². The van der Waals surface area contributed by atoms with Crippen LogP contribution in [0.5, 0.6) is 0 Å². The van der Waals surface area contributed by atoms with Gasteiger partial charge in [-0.05, 0) is 32.9 Å². The molecule has 0 spiro atoms. The van der Waals surface area contributed by atoms with Crippen LogP contribution in [-0.4, -0.2) is 76.4 Å². The highest BCUT2D eigenvalue weighted by molar-refractivity contribution is 7.91. The summed E-state index contributed by atoms with van der Waals surface area (Å²) in [4.78, 5) is 12.9. The molecule has 1 saturated heterocycles. The molecule has 0 aromatic carbocycles. The summed E-state index contributed by atoms with van der Waals surface area (Å²) in [7, 11) is -2.38. The zero-order chi connectivity index (χ0) is 25.9. The van der Waals surface area contributed by atoms with Gasteiger partial charge in [0.05, 0.1) is 36.1 Å². The van der Waals surface area contributed by atoms with E-state index in [0.717, 1.165) is 5.69 Å². The fourth-order valence-corrected chi connectivity index (χ4v) is 5.65. The number of hydrogen-bond acceptors (Lipinski definition) is 10. The van der Waals surface area contributed by atoms with Gasteiger partial charge >= 0.3 is 0 Å². The minimum Gasteiger partial charge on any atom is -0.376 e. The Morgan fingerprint density at radius 3 is 2.58 bits per heavy atom. The number of nitrogens with zero attached hydrogens (tertiary/aromatic N) is 6. The van der Waals surface area contributed by atoms with Crippen molar-refractivity contribution in [3.63, 3.8) is 0 Å². The number of rotatable bonds is 9. The molecule has 0 amide bonds. The van der Waals surface area contributed by atoms with Gasteiger partial charge in [-0.25, -0.2) is 23.4 Å². The lowest BCUT2D eigenvalue weighted by Gasteiger charge is -2.30. The van der Waals surface area contributed by atoms with Crippen molar-refractivity contribution in [3.8, 4) is 11.5 Å². The van der Waals surface area contributed by atoms with Crippen LogP contribution in [0.25, 0.3) is 11.5 Å². The van der Waals surface area contributed by atoms with Gasteiger partial charge in [-0.1, -0.05) is 17.7 Å². The molecule has 13 heteroatoms. The summed E-state index contributed by atoms with van der Waals surface area (Å²) in [5.41, 5.74) is 1.40. The Bertz CT molecular complexity index is 1280. The SMILES string of the molecule is CO[C@H](c1ncc(Cl)cn1)[C@H](C)S(=O)(=O)Cc1nnc(-c2cccc(C)n2)n1[C@H](C)[C@H]1COCCO1. The molecule has 0 unspecified atom stereocenters. The predicted molar refractivity (Wildman–Crippen MR) is 132 cm³/mol. The lowest BCUT2D eigenvalue weighted by atomic mass is 10.1. The molecule has 0 bridgehead atoms. The van der Waals surface area contributed by atoms with E-state index >= 15 is 0 Å². The molecule has 0 radical (unpaired) electrons. The molecule has 4 atom stereocenters. The van der Waals surface area contributed by atoms with Crippen LogP contribution in [0.4, 0.5) is 0 Å². The number of halogens is 1. The first kappa shape index (κ1) is 26.6. The van der Waals surface area contributed by atoms with E-state index in [1.165, 1.54) is 19.5 Å². The molecule has 1 aliphatic heterocycles. The highest BCUT2D eigenvalue weighted by atomic mass is 35.5. The first-order valence-electron chi connectivity index (χ1n) is 11.5. The van der Waals surface area contributed by atoms with E-state index in [0.29, 0.717) is 36.4 Å². The van der Waals surface area contributed by atoms with Gasteiger partial charge in [0, 0.05) is 25.2 Å². The number of ether oxygens (including phenoxy) is 3. The van der Waals surface area contributed by atoms with Crippen molar-refractivity contribution in [2.45, 2.75) is 50.0 Å². The van der Waals surface area contributed by atoms with Gasteiger partial charge in [-0.15, -0.1) is 10.2 Å². The monoisotopic (exact) mass is 536 g/mol. The van der Waals surface area contributed by atoms with Crippen molar-refractivity contribution in [2.75, 3.05) is 26.9 Å². The summed E-state index contributed by atoms with van der Waals surface area (Å²) in [6, 6.07) is 5.26. The standard InChI is InChI=1S/C23H29ClN6O5S/c1-14-6-5-7-18(27-14)23-29-28-20(30(23)15(2)19-12-34-8-9-35-19)13-36(31,32)16(3)21(33-4)22-25-10-17(24)11-26-22/h5-7,10-11,15-16,19,21H,8-9,12-13H2,1-4H3/t15-,16+,19-,21+/m1/s1. The summed E-state index contributed by atoms with van der Waals surface area (Å²) < 4.78 is 45.9. The van der Waals surface area contributed by atoms with E-state index in [2.05, 4.69) is 25.1 Å². The quantitative estimate of drug-likeness (QED) is 0.402. The summed E-state index contributed by atoms with van der Waals surface area (Å²) in [6.45, 7) is 6.72. The van der Waals surface area contributed by atoms with E-state index in [-0.39, 0.29) is 29.5 Å². The summed E-state index contributed by atoms with van der Waals surface area (Å²) >= 11 is 5.88. The Kier molecular flexibility index (Phi) is 8.30. The van der Waals surface area contributed by atoms with Crippen LogP contribution in [-0.2, 0) is 29.8 Å². The second kappa shape index (κ2) is 11.3. The van der Waals surface area contributed by atoms with E-state index in [4.69, 9.17) is 25.8 Å². The molecule has 1 aliphatic rings. The van der Waals surface area contributed by atoms with Crippen LogP contribution in [0.2, 0.25) is 5.02 Å². The number of aromatic nitrogens is 6. The van der Waals surface area contributed by atoms with Crippen molar-refractivity contribution in [3.05, 3.63) is 53.0 Å². The maximum Gasteiger partial charge on any atom is 0.182 e. The van der Waals surface area contributed by atoms with Gasteiger partial charge in [-0.2, -0.15) is 0 Å². The molecule has 0 N–H and O–H groups in total. The second-order valence-corrected chi connectivity index (χ2v) is 11.4. The minimum absolute atomic E-state index is 0.227. The minimum atomic E-state index is -3.80. The van der Waals surface area contributed by atoms with Gasteiger partial charge in [0.25, 0.3) is 0 Å². The molecule has 11 nitrogen and oxygen atoms in total. The molecule has 4 heterocycles. The van der Waals surface area contributed by atoms with Crippen LogP contribution in [0, 0.1) is 6.92 Å². The topological polar surface area (TPSA) is 131 Å². The normalized spacial score (nSPS) is 19.1. The Morgan fingerprint density at radius 2 is 1.94 bits per heavy atom. The van der Waals surface area contributed by atoms with Crippen LogP contribution < -0.4 is 0 Å². The average molecular weight is 537 g/mol. The van der Waals surface area contributed by atoms with E-state index in [1.54, 1.807) is 11.5 Å². The molecule has 3 aromatic heterocycles. The Labute approximate surface area is 215 Å². The molecule has 3 aromatic rings. The number of sulfone groups is 1. The molecule has 0 saturated carbocycles. The summed E-state index contributed by atoms with van der Waals surface area (Å²) in [5, 5.41) is 7.99. The van der Waals surface area contributed by atoms with Crippen molar-refractivity contribution >= 4 is 21.4 Å². The third-order valence-corrected chi connectivity index (χ3v) is 8.38. The molecule has 1 fully saturated rings. The number of aryl methyl sites for hydroxylation is 1. The Hall–Kier alpha value is -2.51. The average Bonchev–Trinajstić information content (AvgIpc) is 3.28. The van der Waals surface area contributed by atoms with E-state index in [9.17, 15) is 8.42 Å². The lowest BCUT2D eigenvalue weighted by molar-refractivity contribution is -0.105. The molecule has 4 rings (SSSR count). The molecular weight excluding hydrogens is 508 g/mol. The first-order chi connectivity index (χ1) is 17.2. The van der Waals surface area contributed by atoms with Crippen LogP contribution >= 0.6 is 11.6 Å². The van der Waals surface area contributed by atoms with Gasteiger partial charge in [0.2, 0.25) is 0 Å². The van der Waals surface area contributed by atoms with E-state index < -0.39 is 21.2 Å². The maximum atomic E-state index is 13.6. The Balaban J connectivity index is 1.70. The fourth-order valence-electron chi connectivity index (χ4n) is 4.12. The van der Waals surface area contributed by atoms with Crippen molar-refractivity contribution in [2.24, 2.45) is 0 Å². The fraction of sp³-hybridized carbons (Fsp3) is 0.522. The van der Waals surface area contributed by atoms with Crippen LogP contribution in [0.3, 0.4) is 0 Å². The van der Waals surface area contributed by atoms with Crippen LogP contribution in [0.15, 0.2) is 30.6 Å². The highest BCUT2D eigenvalue weighted by Crippen LogP contribution is 2.30. The number of hydrogen-bond donors (Lipinski definition) is 0. The smallest absolute Gasteiger partial charge is 0.182 e. The first-order valence-corrected chi connectivity index (χ1v) is 13.6. The summed E-state index contributed by atoms with van der Waals surface area (Å²) in [5.74, 6) is 0.583. The number of pyridine rings is 1. The predicted octanol–water partition coefficient (Wildman–Crippen LogP) is 2.76. The largest absolute Gasteiger partial charge is 0.376 e. The zero-order valence-corrected chi connectivity index (χ0v) is 22.1. The van der Waals surface area contributed by atoms with Crippen LogP contribution in [0.1, 0.15) is 43.3 Å². The second-order valence-electron chi connectivity index (χ2n) is 8.63. The highest BCUT2D eigenvalue weighted by Gasteiger charge is 2.36. The molecule has 0 aliphatic carbocycles. The molecular formula is C23H29ClN6O5S. The summed E-state index contributed by atoms with van der Waals surface area (Å²) in [6.07, 6.45) is 1.61. The number of methoxy groups -OCH3 is 1. The lowest BCUT2D eigenvalue weighted by Crippen LogP contribution is -2.36. The van der Waals surface area contributed by atoms with Gasteiger partial charge < -0.3 is 18.8 Å². The Morgan fingerprint density at radius 1 is 1.19 bits per heavy atom. The maximum absolute atomic E-state index is 13.6. The molecule has 36 heavy (non-hydrogen) atoms.